The third-order valence-corrected chi connectivity index (χ3v) is 2.30. The molecule has 0 spiro atoms. The predicted molar refractivity (Wildman–Crippen MR) is 60.3 cm³/mol. The fraction of sp³-hybridized carbons (Fsp3) is 0.182. The Hall–Kier alpha value is -2.37. The number of para-hydroxylation sites is 1. The van der Waals surface area contributed by atoms with Crippen molar-refractivity contribution in [2.24, 2.45) is 0 Å². The lowest BCUT2D eigenvalue weighted by atomic mass is 10.2. The maximum atomic E-state index is 10.8. The lowest BCUT2D eigenvalue weighted by molar-refractivity contribution is -0.117. The molecular formula is C11H11N3O3. The second kappa shape index (κ2) is 4.65. The Balaban J connectivity index is 0.000000136. The Bertz CT molecular complexity index is 444. The van der Waals surface area contributed by atoms with Crippen LogP contribution < -0.4 is 16.0 Å². The van der Waals surface area contributed by atoms with Gasteiger partial charge in [0.25, 0.3) is 0 Å². The molecule has 0 saturated carbocycles. The van der Waals surface area contributed by atoms with E-state index in [1.165, 1.54) is 0 Å². The van der Waals surface area contributed by atoms with Gasteiger partial charge in [0, 0.05) is 5.69 Å². The van der Waals surface area contributed by atoms with E-state index < -0.39 is 6.03 Å². The fourth-order valence-electron chi connectivity index (χ4n) is 1.54. The van der Waals surface area contributed by atoms with E-state index in [1.54, 1.807) is 0 Å². The number of fused-ring (bicyclic) bond motifs is 1. The zero-order valence-corrected chi connectivity index (χ0v) is 8.95. The SMILES string of the molecule is O=C1CNC(=O)N1.O=C1Cc2ccccc2N1. The molecule has 0 bridgehead atoms. The highest BCUT2D eigenvalue weighted by Gasteiger charge is 2.15. The molecule has 6 heteroatoms. The summed E-state index contributed by atoms with van der Waals surface area (Å²) in [5, 5.41) is 7.06. The molecule has 2 aliphatic rings. The third-order valence-electron chi connectivity index (χ3n) is 2.30. The van der Waals surface area contributed by atoms with Crippen LogP contribution in [0.15, 0.2) is 24.3 Å². The molecule has 0 atom stereocenters. The van der Waals surface area contributed by atoms with Crippen LogP contribution in [0.1, 0.15) is 5.56 Å². The highest BCUT2D eigenvalue weighted by molar-refractivity contribution is 6.01. The summed E-state index contributed by atoms with van der Waals surface area (Å²) in [7, 11) is 0. The van der Waals surface area contributed by atoms with Gasteiger partial charge in [-0.15, -0.1) is 0 Å². The summed E-state index contributed by atoms with van der Waals surface area (Å²) < 4.78 is 0. The standard InChI is InChI=1S/C8H7NO.C3H4N2O2/c10-8-5-6-3-1-2-4-7(6)9-8;6-2-1-4-3(7)5-2/h1-4H,5H2,(H,9,10);1H2,(H2,4,5,6,7). The van der Waals surface area contributed by atoms with E-state index in [2.05, 4.69) is 10.6 Å². The summed E-state index contributed by atoms with van der Waals surface area (Å²) in [6, 6.07) is 7.35. The van der Waals surface area contributed by atoms with Gasteiger partial charge in [-0.3, -0.25) is 14.9 Å². The molecule has 3 N–H and O–H groups in total. The zero-order valence-electron chi connectivity index (χ0n) is 8.95. The van der Waals surface area contributed by atoms with Crippen LogP contribution in [0.25, 0.3) is 0 Å². The van der Waals surface area contributed by atoms with Gasteiger partial charge in [0.05, 0.1) is 13.0 Å². The Morgan fingerprint density at radius 1 is 0.941 bits per heavy atom. The number of hydrogen-bond donors (Lipinski definition) is 3. The van der Waals surface area contributed by atoms with E-state index in [1.807, 2.05) is 29.6 Å². The van der Waals surface area contributed by atoms with Gasteiger partial charge in [0.2, 0.25) is 11.8 Å². The molecule has 6 nitrogen and oxygen atoms in total. The quantitative estimate of drug-likeness (QED) is 0.551. The van der Waals surface area contributed by atoms with Crippen molar-refractivity contribution >= 4 is 23.5 Å². The Labute approximate surface area is 97.4 Å². The molecule has 1 aromatic carbocycles. The van der Waals surface area contributed by atoms with Crippen LogP contribution in [0.2, 0.25) is 0 Å². The van der Waals surface area contributed by atoms with Crippen molar-refractivity contribution in [3.8, 4) is 0 Å². The molecule has 0 unspecified atom stereocenters. The summed E-state index contributed by atoms with van der Waals surface area (Å²) in [5.74, 6) is -0.161. The van der Waals surface area contributed by atoms with E-state index in [-0.39, 0.29) is 18.4 Å². The number of hydrogen-bond acceptors (Lipinski definition) is 3. The monoisotopic (exact) mass is 233 g/mol. The molecular weight excluding hydrogens is 222 g/mol. The first-order valence-corrected chi connectivity index (χ1v) is 5.10. The van der Waals surface area contributed by atoms with E-state index in [0.29, 0.717) is 6.42 Å². The van der Waals surface area contributed by atoms with Crippen molar-refractivity contribution in [2.75, 3.05) is 11.9 Å². The average Bonchev–Trinajstić information content (AvgIpc) is 2.83. The smallest absolute Gasteiger partial charge is 0.321 e. The van der Waals surface area contributed by atoms with Crippen LogP contribution in [-0.2, 0) is 16.0 Å². The molecule has 88 valence electrons. The summed E-state index contributed by atoms with van der Waals surface area (Å²) >= 11 is 0. The van der Waals surface area contributed by atoms with Gasteiger partial charge >= 0.3 is 6.03 Å². The summed E-state index contributed by atoms with van der Waals surface area (Å²) in [6.07, 6.45) is 0.538. The molecule has 17 heavy (non-hydrogen) atoms. The lowest BCUT2D eigenvalue weighted by Gasteiger charge is -1.93. The molecule has 2 heterocycles. The first-order chi connectivity index (χ1) is 8.15. The van der Waals surface area contributed by atoms with Crippen molar-refractivity contribution in [2.45, 2.75) is 6.42 Å². The minimum atomic E-state index is -0.398. The van der Waals surface area contributed by atoms with E-state index in [0.717, 1.165) is 11.3 Å². The molecule has 1 saturated heterocycles. The second-order valence-electron chi connectivity index (χ2n) is 3.61. The van der Waals surface area contributed by atoms with Crippen molar-refractivity contribution in [1.82, 2.24) is 10.6 Å². The fourth-order valence-corrected chi connectivity index (χ4v) is 1.54. The number of imide groups is 1. The van der Waals surface area contributed by atoms with Crippen LogP contribution in [0, 0.1) is 0 Å². The normalized spacial score (nSPS) is 16.4. The average molecular weight is 233 g/mol. The van der Waals surface area contributed by atoms with Crippen LogP contribution >= 0.6 is 0 Å². The minimum Gasteiger partial charge on any atom is -0.329 e. The van der Waals surface area contributed by atoms with Gasteiger partial charge in [-0.05, 0) is 11.6 Å². The van der Waals surface area contributed by atoms with Crippen LogP contribution in [0.4, 0.5) is 10.5 Å². The lowest BCUT2D eigenvalue weighted by Crippen LogP contribution is -2.22. The van der Waals surface area contributed by atoms with E-state index in [9.17, 15) is 14.4 Å². The summed E-state index contributed by atoms with van der Waals surface area (Å²) in [4.78, 5) is 30.9. The molecule has 0 radical (unpaired) electrons. The largest absolute Gasteiger partial charge is 0.329 e. The number of nitrogens with one attached hydrogen (secondary N) is 3. The Morgan fingerprint density at radius 2 is 1.71 bits per heavy atom. The van der Waals surface area contributed by atoms with Crippen molar-refractivity contribution in [3.05, 3.63) is 29.8 Å². The maximum Gasteiger partial charge on any atom is 0.321 e. The van der Waals surface area contributed by atoms with Gasteiger partial charge in [-0.2, -0.15) is 0 Å². The van der Waals surface area contributed by atoms with Crippen LogP contribution in [-0.4, -0.2) is 24.4 Å². The Morgan fingerprint density at radius 3 is 2.24 bits per heavy atom. The molecule has 0 aliphatic carbocycles. The molecule has 1 aromatic rings. The maximum absolute atomic E-state index is 10.8. The molecule has 0 aromatic heterocycles. The zero-order chi connectivity index (χ0) is 12.3. The highest BCUT2D eigenvalue weighted by atomic mass is 16.2. The number of urea groups is 1. The second-order valence-corrected chi connectivity index (χ2v) is 3.61. The number of carbonyl (C=O) groups excluding carboxylic acids is 3. The third kappa shape index (κ3) is 2.81. The first-order valence-electron chi connectivity index (χ1n) is 5.10. The Kier molecular flexibility index (Phi) is 3.04. The van der Waals surface area contributed by atoms with Gasteiger partial charge in [-0.25, -0.2) is 4.79 Å². The molecule has 1 fully saturated rings. The van der Waals surface area contributed by atoms with Crippen LogP contribution in [0.5, 0.6) is 0 Å². The highest BCUT2D eigenvalue weighted by Crippen LogP contribution is 2.20. The van der Waals surface area contributed by atoms with Crippen molar-refractivity contribution in [1.29, 1.82) is 0 Å². The van der Waals surface area contributed by atoms with Gasteiger partial charge in [-0.1, -0.05) is 18.2 Å². The molecule has 3 rings (SSSR count). The predicted octanol–water partition coefficient (Wildman–Crippen LogP) is 0.00700. The number of anilines is 1. The van der Waals surface area contributed by atoms with Crippen LogP contribution in [0.3, 0.4) is 0 Å². The topological polar surface area (TPSA) is 87.3 Å². The molecule has 2 aliphatic heterocycles. The van der Waals surface area contributed by atoms with E-state index >= 15 is 0 Å². The van der Waals surface area contributed by atoms with E-state index in [4.69, 9.17) is 0 Å². The van der Waals surface area contributed by atoms with Crippen molar-refractivity contribution in [3.63, 3.8) is 0 Å². The van der Waals surface area contributed by atoms with Crippen molar-refractivity contribution < 1.29 is 14.4 Å². The number of benzene rings is 1. The number of amides is 4. The number of rotatable bonds is 0. The van der Waals surface area contributed by atoms with Gasteiger partial charge in [0.15, 0.2) is 0 Å². The molecule has 4 amide bonds. The minimum absolute atomic E-state index is 0.0983. The van der Waals surface area contributed by atoms with Gasteiger partial charge in [0.1, 0.15) is 0 Å². The summed E-state index contributed by atoms with van der Waals surface area (Å²) in [6.45, 7) is 0.124. The van der Waals surface area contributed by atoms with Gasteiger partial charge < -0.3 is 10.6 Å². The number of carbonyl (C=O) groups is 3. The summed E-state index contributed by atoms with van der Waals surface area (Å²) in [5.41, 5.74) is 2.07. The first kappa shape index (κ1) is 11.1.